The first-order valence-electron chi connectivity index (χ1n) is 15.4. The highest BCUT2D eigenvalue weighted by atomic mass is 16.6. The van der Waals surface area contributed by atoms with Crippen molar-refractivity contribution in [1.29, 1.82) is 0 Å². The molecular weight excluding hydrogens is 534 g/mol. The molecule has 3 saturated heterocycles. The number of hydrogen-bond donors (Lipinski definition) is 1. The zero-order valence-electron chi connectivity index (χ0n) is 25.4. The van der Waals surface area contributed by atoms with Crippen LogP contribution in [0.1, 0.15) is 59.3 Å². The van der Waals surface area contributed by atoms with Crippen LogP contribution in [-0.4, -0.2) is 84.4 Å². The molecule has 4 rings (SSSR count). The van der Waals surface area contributed by atoms with Gasteiger partial charge in [0.25, 0.3) is 5.91 Å². The van der Waals surface area contributed by atoms with Gasteiger partial charge in [-0.1, -0.05) is 12.2 Å². The lowest BCUT2D eigenvalue weighted by molar-refractivity contribution is -0.159. The molecule has 0 aliphatic carbocycles. The number of likely N-dealkylation sites (tertiary alicyclic amines) is 1. The van der Waals surface area contributed by atoms with Gasteiger partial charge in [-0.05, 0) is 83.6 Å². The number of aliphatic hydroxyl groups is 1. The molecule has 1 aromatic rings. The molecule has 0 saturated carbocycles. The van der Waals surface area contributed by atoms with E-state index in [1.165, 1.54) is 0 Å². The van der Waals surface area contributed by atoms with Crippen LogP contribution in [0.25, 0.3) is 0 Å². The molecule has 3 fully saturated rings. The Labute approximate surface area is 250 Å². The average Bonchev–Trinajstić information content (AvgIpc) is 3.55. The maximum absolute atomic E-state index is 14.7. The standard InChI is InChI=1S/C33H47N3O6/c1-6-10-23-41-31(40)27-26-29(38)36(21-12-11-13-22-37)28(33(26)19-18-32(27,5)42-33)30(39)35(20-7-2)25-16-14-24(15-17-25)34(8-3)9-4/h6-7,14-17,26-28,37H,1-2,8-13,18-23H2,3-5H3/t26-,27-,28?,32+,33?/m0/s1. The summed E-state index contributed by atoms with van der Waals surface area (Å²) < 4.78 is 12.3. The number of esters is 1. The molecule has 9 heteroatoms. The van der Waals surface area contributed by atoms with Crippen molar-refractivity contribution in [1.82, 2.24) is 4.90 Å². The average molecular weight is 582 g/mol. The summed E-state index contributed by atoms with van der Waals surface area (Å²) in [7, 11) is 0. The van der Waals surface area contributed by atoms with E-state index in [0.29, 0.717) is 50.8 Å². The van der Waals surface area contributed by atoms with Gasteiger partial charge in [0, 0.05) is 44.2 Å². The molecular formula is C33H47N3O6. The molecule has 1 spiro atoms. The second kappa shape index (κ2) is 13.4. The fourth-order valence-corrected chi connectivity index (χ4v) is 7.24. The molecule has 42 heavy (non-hydrogen) atoms. The van der Waals surface area contributed by atoms with E-state index in [9.17, 15) is 19.5 Å². The van der Waals surface area contributed by atoms with Crippen molar-refractivity contribution in [2.75, 3.05) is 49.2 Å². The Balaban J connectivity index is 1.71. The van der Waals surface area contributed by atoms with Crippen molar-refractivity contribution in [3.05, 3.63) is 49.6 Å². The normalized spacial score (nSPS) is 27.6. The van der Waals surface area contributed by atoms with Gasteiger partial charge in [0.1, 0.15) is 17.6 Å². The van der Waals surface area contributed by atoms with E-state index >= 15 is 0 Å². The van der Waals surface area contributed by atoms with Crippen molar-refractivity contribution in [2.24, 2.45) is 11.8 Å². The molecule has 230 valence electrons. The molecule has 2 unspecified atom stereocenters. The Hall–Kier alpha value is -3.17. The minimum Gasteiger partial charge on any atom is -0.465 e. The fraction of sp³-hybridized carbons (Fsp3) is 0.606. The SMILES string of the molecule is C=CCCOC(=O)[C@@H]1[C@H]2C(=O)N(CCCCCO)C(C(=O)N(CC=C)c3ccc(N(CC)CC)cc3)C23CC[C@@]1(C)O3. The number of carbonyl (C=O) groups is 3. The number of benzene rings is 1. The summed E-state index contributed by atoms with van der Waals surface area (Å²) in [4.78, 5) is 47.8. The summed E-state index contributed by atoms with van der Waals surface area (Å²) in [6.45, 7) is 16.3. The zero-order valence-corrected chi connectivity index (χ0v) is 25.4. The van der Waals surface area contributed by atoms with Gasteiger partial charge in [-0.2, -0.15) is 0 Å². The molecule has 3 aliphatic heterocycles. The molecule has 3 aliphatic rings. The molecule has 0 aromatic heterocycles. The first kappa shape index (κ1) is 31.8. The number of nitrogens with zero attached hydrogens (tertiary/aromatic N) is 3. The first-order chi connectivity index (χ1) is 20.2. The fourth-order valence-electron chi connectivity index (χ4n) is 7.24. The summed E-state index contributed by atoms with van der Waals surface area (Å²) in [6, 6.07) is 6.99. The number of ether oxygens (including phenoxy) is 2. The minimum absolute atomic E-state index is 0.0690. The smallest absolute Gasteiger partial charge is 0.312 e. The Bertz CT molecular complexity index is 1150. The third kappa shape index (κ3) is 5.61. The van der Waals surface area contributed by atoms with Crippen molar-refractivity contribution >= 4 is 29.2 Å². The van der Waals surface area contributed by atoms with Crippen LogP contribution in [0, 0.1) is 11.8 Å². The van der Waals surface area contributed by atoms with Gasteiger partial charge in [-0.3, -0.25) is 14.4 Å². The summed E-state index contributed by atoms with van der Waals surface area (Å²) in [6.07, 6.45) is 6.90. The Morgan fingerprint density at radius 3 is 2.40 bits per heavy atom. The van der Waals surface area contributed by atoms with E-state index in [1.54, 1.807) is 22.0 Å². The largest absolute Gasteiger partial charge is 0.465 e. The summed E-state index contributed by atoms with van der Waals surface area (Å²) >= 11 is 0. The van der Waals surface area contributed by atoms with Gasteiger partial charge >= 0.3 is 5.97 Å². The number of carbonyl (C=O) groups excluding carboxylic acids is 3. The quantitative estimate of drug-likeness (QED) is 0.178. The maximum Gasteiger partial charge on any atom is 0.312 e. The van der Waals surface area contributed by atoms with E-state index in [-0.39, 0.29) is 31.6 Å². The van der Waals surface area contributed by atoms with Crippen LogP contribution in [0.15, 0.2) is 49.6 Å². The highest BCUT2D eigenvalue weighted by Gasteiger charge is 2.78. The second-order valence-corrected chi connectivity index (χ2v) is 11.7. The van der Waals surface area contributed by atoms with Crippen LogP contribution in [0.2, 0.25) is 0 Å². The van der Waals surface area contributed by atoms with Crippen LogP contribution >= 0.6 is 0 Å². The number of amides is 2. The molecule has 0 radical (unpaired) electrons. The predicted octanol–water partition coefficient (Wildman–Crippen LogP) is 4.10. The zero-order chi connectivity index (χ0) is 30.5. The van der Waals surface area contributed by atoms with Crippen molar-refractivity contribution in [3.8, 4) is 0 Å². The molecule has 9 nitrogen and oxygen atoms in total. The van der Waals surface area contributed by atoms with E-state index in [0.717, 1.165) is 18.8 Å². The van der Waals surface area contributed by atoms with Crippen LogP contribution in [-0.2, 0) is 23.9 Å². The highest BCUT2D eigenvalue weighted by Crippen LogP contribution is 2.63. The molecule has 1 aromatic carbocycles. The minimum atomic E-state index is -1.12. The first-order valence-corrected chi connectivity index (χ1v) is 15.4. The van der Waals surface area contributed by atoms with Crippen LogP contribution in [0.5, 0.6) is 0 Å². The van der Waals surface area contributed by atoms with Gasteiger partial charge in [0.05, 0.1) is 18.1 Å². The van der Waals surface area contributed by atoms with E-state index in [1.807, 2.05) is 31.2 Å². The molecule has 3 heterocycles. The van der Waals surface area contributed by atoms with Gasteiger partial charge in [0.15, 0.2) is 0 Å². The number of hydrogen-bond acceptors (Lipinski definition) is 7. The lowest BCUT2D eigenvalue weighted by Crippen LogP contribution is -2.56. The van der Waals surface area contributed by atoms with Gasteiger partial charge < -0.3 is 29.3 Å². The Morgan fingerprint density at radius 1 is 1.10 bits per heavy atom. The van der Waals surface area contributed by atoms with Gasteiger partial charge in [-0.25, -0.2) is 0 Å². The highest BCUT2D eigenvalue weighted by molar-refractivity contribution is 6.05. The number of fused-ring (bicyclic) bond motifs is 1. The van der Waals surface area contributed by atoms with Crippen molar-refractivity contribution < 1.29 is 29.0 Å². The van der Waals surface area contributed by atoms with Gasteiger partial charge in [-0.15, -0.1) is 13.2 Å². The maximum atomic E-state index is 14.7. The monoisotopic (exact) mass is 581 g/mol. The number of aliphatic hydroxyl groups excluding tert-OH is 1. The van der Waals surface area contributed by atoms with Gasteiger partial charge in [0.2, 0.25) is 5.91 Å². The molecule has 2 amide bonds. The second-order valence-electron chi connectivity index (χ2n) is 11.7. The Kier molecular flexibility index (Phi) is 10.1. The summed E-state index contributed by atoms with van der Waals surface area (Å²) in [5, 5.41) is 9.29. The van der Waals surface area contributed by atoms with E-state index in [4.69, 9.17) is 9.47 Å². The predicted molar refractivity (Wildman–Crippen MR) is 163 cm³/mol. The van der Waals surface area contributed by atoms with Crippen LogP contribution in [0.3, 0.4) is 0 Å². The molecule has 2 bridgehead atoms. The number of anilines is 2. The van der Waals surface area contributed by atoms with Crippen LogP contribution < -0.4 is 9.80 Å². The molecule has 1 N–H and O–H groups in total. The lowest BCUT2D eigenvalue weighted by atomic mass is 9.66. The topological polar surface area (TPSA) is 99.6 Å². The number of unbranched alkanes of at least 4 members (excludes halogenated alkanes) is 2. The van der Waals surface area contributed by atoms with E-state index in [2.05, 4.69) is 31.9 Å². The van der Waals surface area contributed by atoms with Crippen molar-refractivity contribution in [2.45, 2.75) is 76.5 Å². The third-order valence-electron chi connectivity index (χ3n) is 9.26. The number of rotatable bonds is 16. The third-order valence-corrected chi connectivity index (χ3v) is 9.26. The van der Waals surface area contributed by atoms with E-state index < -0.39 is 35.0 Å². The van der Waals surface area contributed by atoms with Crippen LogP contribution in [0.4, 0.5) is 11.4 Å². The van der Waals surface area contributed by atoms with Crippen molar-refractivity contribution in [3.63, 3.8) is 0 Å². The summed E-state index contributed by atoms with van der Waals surface area (Å²) in [5.41, 5.74) is -0.231. The molecule has 5 atom stereocenters. The Morgan fingerprint density at radius 2 is 1.79 bits per heavy atom. The summed E-state index contributed by atoms with van der Waals surface area (Å²) in [5.74, 6) is -2.52. The lowest BCUT2D eigenvalue weighted by Gasteiger charge is -2.37.